The molecule has 0 aliphatic rings. The molecular formula is C8H18N+. The standard InChI is InChI=1S/C8H18N/c1-6-9(4,5)7-8(2)3/h2,6-7H2,1,3-5H3/q+1. The second-order valence-electron chi connectivity index (χ2n) is 3.37. The molecule has 0 fully saturated rings. The van der Waals surface area contributed by atoms with E-state index < -0.39 is 0 Å². The zero-order valence-corrected chi connectivity index (χ0v) is 7.07. The molecular weight excluding hydrogens is 110 g/mol. The van der Waals surface area contributed by atoms with Crippen molar-refractivity contribution in [3.63, 3.8) is 0 Å². The molecule has 0 heterocycles. The summed E-state index contributed by atoms with van der Waals surface area (Å²) in [6.07, 6.45) is 0. The lowest BCUT2D eigenvalue weighted by molar-refractivity contribution is -0.883. The molecule has 0 aromatic heterocycles. The Labute approximate surface area is 58.6 Å². The lowest BCUT2D eigenvalue weighted by atomic mass is 10.3. The molecule has 1 heteroatoms. The minimum Gasteiger partial charge on any atom is -0.325 e. The summed E-state index contributed by atoms with van der Waals surface area (Å²) >= 11 is 0. The fraction of sp³-hybridized carbons (Fsp3) is 0.750. The van der Waals surface area contributed by atoms with Crippen LogP contribution in [-0.2, 0) is 0 Å². The molecule has 0 unspecified atom stereocenters. The van der Waals surface area contributed by atoms with Crippen LogP contribution >= 0.6 is 0 Å². The number of likely N-dealkylation sites (N-methyl/N-ethyl adjacent to an activating group) is 1. The van der Waals surface area contributed by atoms with E-state index in [0.717, 1.165) is 11.0 Å². The summed E-state index contributed by atoms with van der Waals surface area (Å²) in [5.41, 5.74) is 1.27. The summed E-state index contributed by atoms with van der Waals surface area (Å²) in [6, 6.07) is 0. The molecule has 0 amide bonds. The average Bonchev–Trinajstić information content (AvgIpc) is 1.63. The van der Waals surface area contributed by atoms with Crippen LogP contribution < -0.4 is 0 Å². The highest BCUT2D eigenvalue weighted by molar-refractivity contribution is 4.87. The van der Waals surface area contributed by atoms with Crippen molar-refractivity contribution in [1.29, 1.82) is 0 Å². The van der Waals surface area contributed by atoms with Crippen molar-refractivity contribution >= 4 is 0 Å². The molecule has 54 valence electrons. The van der Waals surface area contributed by atoms with Gasteiger partial charge in [0.2, 0.25) is 0 Å². The maximum absolute atomic E-state index is 3.87. The van der Waals surface area contributed by atoms with E-state index in [1.54, 1.807) is 0 Å². The summed E-state index contributed by atoms with van der Waals surface area (Å²) in [6.45, 7) is 10.4. The van der Waals surface area contributed by atoms with Crippen molar-refractivity contribution in [1.82, 2.24) is 0 Å². The van der Waals surface area contributed by atoms with Gasteiger partial charge in [0.25, 0.3) is 0 Å². The van der Waals surface area contributed by atoms with E-state index in [1.807, 2.05) is 0 Å². The minimum atomic E-state index is 1.05. The Bertz CT molecular complexity index is 103. The molecule has 0 aromatic rings. The number of nitrogens with zero attached hydrogens (tertiary/aromatic N) is 1. The summed E-state index contributed by atoms with van der Waals surface area (Å²) in [5.74, 6) is 0. The lowest BCUT2D eigenvalue weighted by Gasteiger charge is -2.28. The van der Waals surface area contributed by atoms with Gasteiger partial charge in [0, 0.05) is 0 Å². The number of hydrogen-bond donors (Lipinski definition) is 0. The summed E-state index contributed by atoms with van der Waals surface area (Å²) in [7, 11) is 4.43. The van der Waals surface area contributed by atoms with E-state index >= 15 is 0 Å². The highest BCUT2D eigenvalue weighted by Gasteiger charge is 2.09. The zero-order valence-electron chi connectivity index (χ0n) is 7.07. The fourth-order valence-corrected chi connectivity index (χ4v) is 0.842. The Kier molecular flexibility index (Phi) is 2.92. The molecule has 0 aromatic carbocycles. The average molecular weight is 128 g/mol. The van der Waals surface area contributed by atoms with Crippen molar-refractivity contribution < 1.29 is 4.48 Å². The van der Waals surface area contributed by atoms with E-state index in [-0.39, 0.29) is 0 Å². The first-order valence-electron chi connectivity index (χ1n) is 3.44. The minimum absolute atomic E-state index is 1.05. The molecule has 0 radical (unpaired) electrons. The van der Waals surface area contributed by atoms with E-state index in [0.29, 0.717) is 0 Å². The van der Waals surface area contributed by atoms with E-state index in [4.69, 9.17) is 0 Å². The summed E-state index contributed by atoms with van der Waals surface area (Å²) in [4.78, 5) is 0. The molecule has 0 N–H and O–H groups in total. The van der Waals surface area contributed by atoms with Gasteiger partial charge in [-0.3, -0.25) is 0 Å². The largest absolute Gasteiger partial charge is 0.325 e. The number of quaternary nitrogens is 1. The Balaban J connectivity index is 3.71. The van der Waals surface area contributed by atoms with Crippen molar-refractivity contribution in [3.05, 3.63) is 12.2 Å². The smallest absolute Gasteiger partial charge is 0.0993 e. The van der Waals surface area contributed by atoms with E-state index in [1.165, 1.54) is 12.1 Å². The Hall–Kier alpha value is -0.300. The maximum Gasteiger partial charge on any atom is 0.0993 e. The quantitative estimate of drug-likeness (QED) is 0.400. The SMILES string of the molecule is C=C(C)C[N+](C)(C)CC. The Morgan fingerprint density at radius 2 is 1.89 bits per heavy atom. The zero-order chi connectivity index (χ0) is 7.49. The van der Waals surface area contributed by atoms with Crippen LogP contribution in [0.1, 0.15) is 13.8 Å². The van der Waals surface area contributed by atoms with E-state index in [9.17, 15) is 0 Å². The molecule has 0 aliphatic heterocycles. The van der Waals surface area contributed by atoms with Crippen LogP contribution in [0.5, 0.6) is 0 Å². The van der Waals surface area contributed by atoms with Crippen molar-refractivity contribution in [2.45, 2.75) is 13.8 Å². The molecule has 0 rings (SSSR count). The van der Waals surface area contributed by atoms with Gasteiger partial charge in [-0.15, -0.1) is 0 Å². The maximum atomic E-state index is 3.87. The van der Waals surface area contributed by atoms with Gasteiger partial charge in [-0.1, -0.05) is 6.58 Å². The Morgan fingerprint density at radius 3 is 2.00 bits per heavy atom. The van der Waals surface area contributed by atoms with E-state index in [2.05, 4.69) is 34.5 Å². The molecule has 0 aliphatic carbocycles. The first-order valence-corrected chi connectivity index (χ1v) is 3.44. The summed E-state index contributed by atoms with van der Waals surface area (Å²) in [5, 5.41) is 0. The molecule has 0 bridgehead atoms. The van der Waals surface area contributed by atoms with Crippen LogP contribution in [-0.4, -0.2) is 31.7 Å². The van der Waals surface area contributed by atoms with Crippen molar-refractivity contribution in [2.75, 3.05) is 27.2 Å². The van der Waals surface area contributed by atoms with Crippen LogP contribution in [0, 0.1) is 0 Å². The fourth-order valence-electron chi connectivity index (χ4n) is 0.842. The van der Waals surface area contributed by atoms with Gasteiger partial charge in [-0.2, -0.15) is 0 Å². The van der Waals surface area contributed by atoms with Gasteiger partial charge in [0.05, 0.1) is 27.2 Å². The normalized spacial score (nSPS) is 11.6. The molecule has 9 heavy (non-hydrogen) atoms. The van der Waals surface area contributed by atoms with Crippen LogP contribution in [0.2, 0.25) is 0 Å². The predicted molar refractivity (Wildman–Crippen MR) is 42.3 cm³/mol. The highest BCUT2D eigenvalue weighted by atomic mass is 15.3. The number of hydrogen-bond acceptors (Lipinski definition) is 0. The first-order chi connectivity index (χ1) is 3.98. The topological polar surface area (TPSA) is 0 Å². The van der Waals surface area contributed by atoms with Crippen molar-refractivity contribution in [3.8, 4) is 0 Å². The van der Waals surface area contributed by atoms with Crippen LogP contribution in [0.25, 0.3) is 0 Å². The first kappa shape index (κ1) is 8.70. The highest BCUT2D eigenvalue weighted by Crippen LogP contribution is 2.00. The predicted octanol–water partition coefficient (Wildman–Crippen LogP) is 1.66. The number of rotatable bonds is 3. The lowest BCUT2D eigenvalue weighted by Crippen LogP contribution is -2.40. The second kappa shape index (κ2) is 3.02. The van der Waals surface area contributed by atoms with Gasteiger partial charge in [0.15, 0.2) is 0 Å². The molecule has 0 spiro atoms. The van der Waals surface area contributed by atoms with Gasteiger partial charge in [-0.25, -0.2) is 0 Å². The third kappa shape index (κ3) is 4.22. The van der Waals surface area contributed by atoms with Gasteiger partial charge >= 0.3 is 0 Å². The van der Waals surface area contributed by atoms with Crippen molar-refractivity contribution in [2.24, 2.45) is 0 Å². The van der Waals surface area contributed by atoms with Crippen LogP contribution in [0.3, 0.4) is 0 Å². The summed E-state index contributed by atoms with van der Waals surface area (Å²) < 4.78 is 1.05. The molecule has 0 atom stereocenters. The second-order valence-corrected chi connectivity index (χ2v) is 3.37. The van der Waals surface area contributed by atoms with Gasteiger partial charge in [-0.05, 0) is 19.4 Å². The van der Waals surface area contributed by atoms with Crippen LogP contribution in [0.4, 0.5) is 0 Å². The third-order valence-corrected chi connectivity index (χ3v) is 1.55. The Morgan fingerprint density at radius 1 is 1.44 bits per heavy atom. The molecule has 0 saturated carbocycles. The van der Waals surface area contributed by atoms with Gasteiger partial charge < -0.3 is 4.48 Å². The molecule has 0 saturated heterocycles. The monoisotopic (exact) mass is 128 g/mol. The van der Waals surface area contributed by atoms with Crippen LogP contribution in [0.15, 0.2) is 12.2 Å². The van der Waals surface area contributed by atoms with Gasteiger partial charge in [0.1, 0.15) is 0 Å². The molecule has 1 nitrogen and oxygen atoms in total. The third-order valence-electron chi connectivity index (χ3n) is 1.55.